The van der Waals surface area contributed by atoms with Crippen LogP contribution in [0.5, 0.6) is 11.5 Å². The van der Waals surface area contributed by atoms with E-state index in [-0.39, 0.29) is 24.1 Å². The number of carbonyl (C=O) groups excluding carboxylic acids is 2. The summed E-state index contributed by atoms with van der Waals surface area (Å²) in [5.74, 6) is 0.233. The largest absolute Gasteiger partial charge is 0.490 e. The van der Waals surface area contributed by atoms with Crippen molar-refractivity contribution >= 4 is 17.9 Å². The highest BCUT2D eigenvalue weighted by Gasteiger charge is 2.24. The molecular formula is C21H27N3O4. The van der Waals surface area contributed by atoms with Gasteiger partial charge in [0.05, 0.1) is 6.61 Å². The van der Waals surface area contributed by atoms with Crippen LogP contribution >= 0.6 is 0 Å². The quantitative estimate of drug-likeness (QED) is 0.527. The Balaban J connectivity index is 2.17. The molecule has 28 heavy (non-hydrogen) atoms. The molecule has 0 radical (unpaired) electrons. The Kier molecular flexibility index (Phi) is 7.88. The fourth-order valence-electron chi connectivity index (χ4n) is 3.24. The number of hydrogen-bond acceptors (Lipinski definition) is 5. The SMILES string of the molecule is CCOc1cc(/C=C(\C#N)C(=O)N[C@@H]2CCCC[C@@H]2C)ccc1OCC(N)=O. The zero-order valence-corrected chi connectivity index (χ0v) is 16.4. The fourth-order valence-corrected chi connectivity index (χ4v) is 3.24. The van der Waals surface area contributed by atoms with Crippen LogP contribution in [0.2, 0.25) is 0 Å². The van der Waals surface area contributed by atoms with Crippen molar-refractivity contribution in [2.75, 3.05) is 13.2 Å². The maximum absolute atomic E-state index is 12.5. The van der Waals surface area contributed by atoms with Crippen LogP contribution in [0.4, 0.5) is 0 Å². The number of nitrogens with zero attached hydrogens (tertiary/aromatic N) is 1. The van der Waals surface area contributed by atoms with Crippen molar-refractivity contribution in [1.29, 1.82) is 5.26 Å². The highest BCUT2D eigenvalue weighted by molar-refractivity contribution is 6.01. The van der Waals surface area contributed by atoms with Crippen LogP contribution < -0.4 is 20.5 Å². The first-order chi connectivity index (χ1) is 13.4. The second kappa shape index (κ2) is 10.4. The Labute approximate surface area is 165 Å². The highest BCUT2D eigenvalue weighted by atomic mass is 16.5. The van der Waals surface area contributed by atoms with Gasteiger partial charge in [-0.1, -0.05) is 25.8 Å². The molecule has 0 aliphatic heterocycles. The third kappa shape index (κ3) is 6.02. The maximum Gasteiger partial charge on any atom is 0.262 e. The van der Waals surface area contributed by atoms with E-state index in [1.54, 1.807) is 18.2 Å². The second-order valence-electron chi connectivity index (χ2n) is 6.91. The monoisotopic (exact) mass is 385 g/mol. The molecule has 1 aliphatic rings. The zero-order chi connectivity index (χ0) is 20.5. The number of primary amides is 1. The predicted molar refractivity (Wildman–Crippen MR) is 105 cm³/mol. The van der Waals surface area contributed by atoms with Crippen molar-refractivity contribution in [3.05, 3.63) is 29.3 Å². The molecule has 0 bridgehead atoms. The molecule has 7 nitrogen and oxygen atoms in total. The molecule has 2 atom stereocenters. The van der Waals surface area contributed by atoms with E-state index in [2.05, 4.69) is 12.2 Å². The number of ether oxygens (including phenoxy) is 2. The predicted octanol–water partition coefficient (Wildman–Crippen LogP) is 2.55. The molecular weight excluding hydrogens is 358 g/mol. The minimum atomic E-state index is -0.591. The number of nitrogens with one attached hydrogen (secondary N) is 1. The number of carbonyl (C=O) groups is 2. The van der Waals surface area contributed by atoms with Crippen LogP contribution in [-0.4, -0.2) is 31.1 Å². The van der Waals surface area contributed by atoms with Crippen molar-refractivity contribution in [3.8, 4) is 17.6 Å². The van der Waals surface area contributed by atoms with Gasteiger partial charge in [-0.3, -0.25) is 9.59 Å². The van der Waals surface area contributed by atoms with E-state index in [9.17, 15) is 14.9 Å². The molecule has 0 aromatic heterocycles. The van der Waals surface area contributed by atoms with Crippen LogP contribution in [0.25, 0.3) is 6.08 Å². The standard InChI is InChI=1S/C21H27N3O4/c1-3-27-19-11-15(8-9-18(19)28-13-20(23)25)10-16(12-22)21(26)24-17-7-5-4-6-14(17)2/h8-11,14,17H,3-7,13H2,1-2H3,(H2,23,25)(H,24,26)/b16-10+/t14-,17+/m0/s1. The molecule has 1 aliphatic carbocycles. The molecule has 2 rings (SSSR count). The van der Waals surface area contributed by atoms with Crippen molar-refractivity contribution in [3.63, 3.8) is 0 Å². The van der Waals surface area contributed by atoms with Gasteiger partial charge in [-0.15, -0.1) is 0 Å². The molecule has 0 saturated heterocycles. The summed E-state index contributed by atoms with van der Waals surface area (Å²) >= 11 is 0. The molecule has 150 valence electrons. The van der Waals surface area contributed by atoms with Crippen molar-refractivity contribution < 1.29 is 19.1 Å². The Hall–Kier alpha value is -3.01. The summed E-state index contributed by atoms with van der Waals surface area (Å²) in [7, 11) is 0. The Morgan fingerprint density at radius 1 is 1.29 bits per heavy atom. The average molecular weight is 385 g/mol. The molecule has 0 heterocycles. The van der Waals surface area contributed by atoms with E-state index in [1.807, 2.05) is 13.0 Å². The summed E-state index contributed by atoms with van der Waals surface area (Å²) in [5, 5.41) is 12.4. The molecule has 2 amide bonds. The van der Waals surface area contributed by atoms with Crippen molar-refractivity contribution in [1.82, 2.24) is 5.32 Å². The number of hydrogen-bond donors (Lipinski definition) is 2. The highest BCUT2D eigenvalue weighted by Crippen LogP contribution is 2.29. The lowest BCUT2D eigenvalue weighted by molar-refractivity contribution is -0.120. The van der Waals surface area contributed by atoms with Gasteiger partial charge in [0.25, 0.3) is 11.8 Å². The summed E-state index contributed by atoms with van der Waals surface area (Å²) in [4.78, 5) is 23.5. The lowest BCUT2D eigenvalue weighted by Gasteiger charge is -2.29. The summed E-state index contributed by atoms with van der Waals surface area (Å²) in [6, 6.07) is 7.04. The Bertz CT molecular complexity index is 782. The number of nitriles is 1. The normalized spacial score (nSPS) is 19.4. The van der Waals surface area contributed by atoms with Crippen LogP contribution in [0.3, 0.4) is 0 Å². The smallest absolute Gasteiger partial charge is 0.262 e. The van der Waals surface area contributed by atoms with Crippen LogP contribution in [0.15, 0.2) is 23.8 Å². The van der Waals surface area contributed by atoms with Gasteiger partial charge in [-0.05, 0) is 49.5 Å². The van der Waals surface area contributed by atoms with E-state index < -0.39 is 5.91 Å². The van der Waals surface area contributed by atoms with Gasteiger partial charge in [0.15, 0.2) is 18.1 Å². The number of amides is 2. The van der Waals surface area contributed by atoms with E-state index in [4.69, 9.17) is 15.2 Å². The van der Waals surface area contributed by atoms with Crippen LogP contribution in [-0.2, 0) is 9.59 Å². The molecule has 7 heteroatoms. The average Bonchev–Trinajstić information content (AvgIpc) is 2.67. The first-order valence-electron chi connectivity index (χ1n) is 9.55. The van der Waals surface area contributed by atoms with E-state index >= 15 is 0 Å². The Morgan fingerprint density at radius 2 is 2.04 bits per heavy atom. The van der Waals surface area contributed by atoms with Crippen LogP contribution in [0, 0.1) is 17.2 Å². The molecule has 0 spiro atoms. The van der Waals surface area contributed by atoms with E-state index in [0.29, 0.717) is 29.6 Å². The first kappa shape index (κ1) is 21.3. The summed E-state index contributed by atoms with van der Waals surface area (Å²) in [6.07, 6.45) is 5.81. The number of rotatable bonds is 8. The van der Waals surface area contributed by atoms with Gasteiger partial charge in [-0.25, -0.2) is 0 Å². The summed E-state index contributed by atoms with van der Waals surface area (Å²) in [6.45, 7) is 4.07. The molecule has 3 N–H and O–H groups in total. The first-order valence-corrected chi connectivity index (χ1v) is 9.55. The van der Waals surface area contributed by atoms with Gasteiger partial charge in [-0.2, -0.15) is 5.26 Å². The summed E-state index contributed by atoms with van der Waals surface area (Å²) in [5.41, 5.74) is 5.76. The van der Waals surface area contributed by atoms with Crippen molar-refractivity contribution in [2.45, 2.75) is 45.6 Å². The van der Waals surface area contributed by atoms with E-state index in [1.165, 1.54) is 12.5 Å². The third-order valence-electron chi connectivity index (χ3n) is 4.74. The Morgan fingerprint density at radius 3 is 2.68 bits per heavy atom. The minimum Gasteiger partial charge on any atom is -0.490 e. The molecule has 1 aromatic carbocycles. The van der Waals surface area contributed by atoms with Crippen molar-refractivity contribution in [2.24, 2.45) is 11.7 Å². The molecule has 1 fully saturated rings. The lowest BCUT2D eigenvalue weighted by atomic mass is 9.86. The second-order valence-corrected chi connectivity index (χ2v) is 6.91. The van der Waals surface area contributed by atoms with Gasteiger partial charge in [0.1, 0.15) is 11.6 Å². The molecule has 1 aromatic rings. The minimum absolute atomic E-state index is 0.0334. The zero-order valence-electron chi connectivity index (χ0n) is 16.4. The summed E-state index contributed by atoms with van der Waals surface area (Å²) < 4.78 is 10.9. The van der Waals surface area contributed by atoms with Gasteiger partial charge in [0, 0.05) is 6.04 Å². The van der Waals surface area contributed by atoms with E-state index in [0.717, 1.165) is 19.3 Å². The van der Waals surface area contributed by atoms with Gasteiger partial charge >= 0.3 is 0 Å². The number of nitrogens with two attached hydrogens (primary N) is 1. The van der Waals surface area contributed by atoms with Gasteiger partial charge < -0.3 is 20.5 Å². The lowest BCUT2D eigenvalue weighted by Crippen LogP contribution is -2.41. The maximum atomic E-state index is 12.5. The van der Waals surface area contributed by atoms with Gasteiger partial charge in [0.2, 0.25) is 0 Å². The number of benzene rings is 1. The fraction of sp³-hybridized carbons (Fsp3) is 0.476. The molecule has 0 unspecified atom stereocenters. The topological polar surface area (TPSA) is 114 Å². The third-order valence-corrected chi connectivity index (χ3v) is 4.74. The van der Waals surface area contributed by atoms with Crippen LogP contribution in [0.1, 0.15) is 45.1 Å². The molecule has 1 saturated carbocycles.